The molecule has 0 atom stereocenters. The molecule has 4 rings (SSSR count). The molecular weight excluding hydrogens is 424 g/mol. The van der Waals surface area contributed by atoms with E-state index in [0.717, 1.165) is 11.2 Å². The zero-order valence-electron chi connectivity index (χ0n) is 21.4. The summed E-state index contributed by atoms with van der Waals surface area (Å²) < 4.78 is 1.88. The molecular formula is C28H38N4O2. The third kappa shape index (κ3) is 5.49. The Bertz CT molecular complexity index is 1250. The normalized spacial score (nSPS) is 11.4. The summed E-state index contributed by atoms with van der Waals surface area (Å²) >= 11 is 0. The monoisotopic (exact) mass is 462 g/mol. The smallest absolute Gasteiger partial charge is 0.303 e. The zero-order valence-corrected chi connectivity index (χ0v) is 21.4. The van der Waals surface area contributed by atoms with Crippen molar-refractivity contribution in [2.75, 3.05) is 0 Å². The lowest BCUT2D eigenvalue weighted by Gasteiger charge is -2.16. The van der Waals surface area contributed by atoms with Crippen molar-refractivity contribution in [1.29, 1.82) is 0 Å². The van der Waals surface area contributed by atoms with Crippen molar-refractivity contribution in [2.45, 2.75) is 85.5 Å². The standard InChI is InChI=1S/C25H32N4.C3H6O2/c1-6-8-18(9-7-2)19-10-11-22-21(13-19)23(16(3)4)24(28-22)20-12-17(5)25-26-15-27-29(25)14-20;1-2-3(4)5/h10-16,18,28H,6-9H2,1-5H3;2H2,1H3,(H,4,5). The van der Waals surface area contributed by atoms with Crippen LogP contribution in [0.3, 0.4) is 0 Å². The molecule has 4 aromatic rings. The SMILES string of the molecule is CCC(=O)O.CCCC(CCC)c1ccc2[nH]c(-c3cc(C)c4ncnn4c3)c(C(C)C)c2c1. The fourth-order valence-corrected chi connectivity index (χ4v) is 4.72. The van der Waals surface area contributed by atoms with E-state index in [4.69, 9.17) is 5.11 Å². The van der Waals surface area contributed by atoms with Crippen molar-refractivity contribution in [3.8, 4) is 11.3 Å². The third-order valence-electron chi connectivity index (χ3n) is 6.34. The molecule has 0 spiro atoms. The quantitative estimate of drug-likeness (QED) is 0.284. The number of H-pyrrole nitrogens is 1. The van der Waals surface area contributed by atoms with Crippen LogP contribution in [0.5, 0.6) is 0 Å². The van der Waals surface area contributed by atoms with E-state index in [9.17, 15) is 4.79 Å². The van der Waals surface area contributed by atoms with Crippen molar-refractivity contribution in [3.05, 3.63) is 53.5 Å². The number of benzene rings is 1. The zero-order chi connectivity index (χ0) is 24.8. The van der Waals surface area contributed by atoms with Crippen molar-refractivity contribution >= 4 is 22.5 Å². The molecule has 0 saturated carbocycles. The second-order valence-electron chi connectivity index (χ2n) is 9.33. The lowest BCUT2D eigenvalue weighted by Crippen LogP contribution is -1.98. The van der Waals surface area contributed by atoms with Gasteiger partial charge in [0.25, 0.3) is 0 Å². The number of carbonyl (C=O) groups is 1. The molecule has 0 aliphatic rings. The Hall–Kier alpha value is -3.15. The summed E-state index contributed by atoms with van der Waals surface area (Å²) in [5, 5.41) is 13.4. The van der Waals surface area contributed by atoms with Crippen LogP contribution in [-0.2, 0) is 4.79 Å². The Morgan fingerprint density at radius 3 is 2.38 bits per heavy atom. The summed E-state index contributed by atoms with van der Waals surface area (Å²) in [6.07, 6.45) is 8.91. The van der Waals surface area contributed by atoms with Gasteiger partial charge in [-0.1, -0.05) is 53.5 Å². The highest BCUT2D eigenvalue weighted by Crippen LogP contribution is 2.38. The van der Waals surface area contributed by atoms with Gasteiger partial charge in [-0.05, 0) is 66.5 Å². The second kappa shape index (κ2) is 11.3. The molecule has 0 fully saturated rings. The fourth-order valence-electron chi connectivity index (χ4n) is 4.72. The number of aromatic nitrogens is 4. The van der Waals surface area contributed by atoms with Gasteiger partial charge in [0, 0.05) is 29.1 Å². The van der Waals surface area contributed by atoms with Gasteiger partial charge in [-0.2, -0.15) is 5.10 Å². The molecule has 6 nitrogen and oxygen atoms in total. The number of pyridine rings is 1. The number of hydrogen-bond donors (Lipinski definition) is 2. The lowest BCUT2D eigenvalue weighted by molar-refractivity contribution is -0.136. The number of aryl methyl sites for hydroxylation is 1. The molecule has 6 heteroatoms. The first kappa shape index (κ1) is 25.5. The average molecular weight is 463 g/mol. The Kier molecular flexibility index (Phi) is 8.48. The van der Waals surface area contributed by atoms with Crippen LogP contribution in [0, 0.1) is 6.92 Å². The Morgan fingerprint density at radius 2 is 1.79 bits per heavy atom. The molecule has 34 heavy (non-hydrogen) atoms. The van der Waals surface area contributed by atoms with E-state index in [0.29, 0.717) is 11.8 Å². The molecule has 2 N–H and O–H groups in total. The van der Waals surface area contributed by atoms with Crippen molar-refractivity contribution in [2.24, 2.45) is 0 Å². The predicted octanol–water partition coefficient (Wildman–Crippen LogP) is 7.47. The van der Waals surface area contributed by atoms with Crippen molar-refractivity contribution in [3.63, 3.8) is 0 Å². The van der Waals surface area contributed by atoms with Crippen molar-refractivity contribution < 1.29 is 9.90 Å². The molecule has 0 unspecified atom stereocenters. The Morgan fingerprint density at radius 1 is 1.12 bits per heavy atom. The minimum Gasteiger partial charge on any atom is -0.481 e. The number of nitrogens with zero attached hydrogens (tertiary/aromatic N) is 3. The van der Waals surface area contributed by atoms with E-state index in [1.54, 1.807) is 13.3 Å². The third-order valence-corrected chi connectivity index (χ3v) is 6.34. The van der Waals surface area contributed by atoms with E-state index in [1.807, 2.05) is 4.52 Å². The van der Waals surface area contributed by atoms with E-state index < -0.39 is 5.97 Å². The van der Waals surface area contributed by atoms with E-state index in [-0.39, 0.29) is 6.42 Å². The van der Waals surface area contributed by atoms with Crippen LogP contribution in [-0.4, -0.2) is 30.7 Å². The first-order chi connectivity index (χ1) is 16.3. The number of fused-ring (bicyclic) bond motifs is 2. The predicted molar refractivity (Wildman–Crippen MR) is 140 cm³/mol. The average Bonchev–Trinajstić information content (AvgIpc) is 3.43. The largest absolute Gasteiger partial charge is 0.481 e. The molecule has 0 amide bonds. The topological polar surface area (TPSA) is 83.3 Å². The Labute approximate surface area is 202 Å². The number of aliphatic carboxylic acids is 1. The number of carboxylic acids is 1. The van der Waals surface area contributed by atoms with Crippen LogP contribution in [0.25, 0.3) is 27.8 Å². The molecule has 3 heterocycles. The molecule has 0 saturated heterocycles. The van der Waals surface area contributed by atoms with Gasteiger partial charge in [-0.15, -0.1) is 0 Å². The second-order valence-corrected chi connectivity index (χ2v) is 9.33. The van der Waals surface area contributed by atoms with Gasteiger partial charge in [0.1, 0.15) is 6.33 Å². The number of hydrogen-bond acceptors (Lipinski definition) is 3. The molecule has 0 radical (unpaired) electrons. The van der Waals surface area contributed by atoms with Crippen LogP contribution in [0.2, 0.25) is 0 Å². The minimum atomic E-state index is -0.745. The van der Waals surface area contributed by atoms with Gasteiger partial charge >= 0.3 is 5.97 Å². The highest BCUT2D eigenvalue weighted by molar-refractivity contribution is 5.92. The minimum absolute atomic E-state index is 0.222. The van der Waals surface area contributed by atoms with Crippen LogP contribution in [0.4, 0.5) is 0 Å². The molecule has 0 aliphatic carbocycles. The number of carboxylic acid groups (broad SMARTS) is 1. The molecule has 0 bridgehead atoms. The maximum absolute atomic E-state index is 9.37. The van der Waals surface area contributed by atoms with E-state index in [2.05, 4.69) is 80.1 Å². The summed E-state index contributed by atoms with van der Waals surface area (Å²) in [6.45, 7) is 12.9. The maximum Gasteiger partial charge on any atom is 0.303 e. The first-order valence-electron chi connectivity index (χ1n) is 12.5. The molecule has 1 aromatic carbocycles. The lowest BCUT2D eigenvalue weighted by atomic mass is 9.88. The van der Waals surface area contributed by atoms with Gasteiger partial charge in [0.2, 0.25) is 0 Å². The number of nitrogens with one attached hydrogen (secondary N) is 1. The summed E-state index contributed by atoms with van der Waals surface area (Å²) in [5.41, 5.74) is 8.52. The van der Waals surface area contributed by atoms with Gasteiger partial charge in [0.15, 0.2) is 5.65 Å². The summed E-state index contributed by atoms with van der Waals surface area (Å²) in [4.78, 5) is 17.4. The molecule has 182 valence electrons. The van der Waals surface area contributed by atoms with Crippen LogP contribution >= 0.6 is 0 Å². The molecule has 0 aliphatic heterocycles. The van der Waals surface area contributed by atoms with Gasteiger partial charge in [-0.3, -0.25) is 4.79 Å². The van der Waals surface area contributed by atoms with E-state index >= 15 is 0 Å². The van der Waals surface area contributed by atoms with Crippen LogP contribution in [0.15, 0.2) is 36.8 Å². The van der Waals surface area contributed by atoms with Crippen molar-refractivity contribution in [1.82, 2.24) is 19.6 Å². The summed E-state index contributed by atoms with van der Waals surface area (Å²) in [5.74, 6) is 0.336. The summed E-state index contributed by atoms with van der Waals surface area (Å²) in [6, 6.07) is 9.27. The van der Waals surface area contributed by atoms with Gasteiger partial charge in [-0.25, -0.2) is 9.50 Å². The van der Waals surface area contributed by atoms with Gasteiger partial charge < -0.3 is 10.1 Å². The Balaban J connectivity index is 0.000000588. The highest BCUT2D eigenvalue weighted by Gasteiger charge is 2.19. The van der Waals surface area contributed by atoms with E-state index in [1.165, 1.54) is 59.0 Å². The molecule has 3 aromatic heterocycles. The number of aromatic amines is 1. The first-order valence-corrected chi connectivity index (χ1v) is 12.5. The van der Waals surface area contributed by atoms with Crippen LogP contribution < -0.4 is 0 Å². The maximum atomic E-state index is 9.37. The highest BCUT2D eigenvalue weighted by atomic mass is 16.4. The van der Waals surface area contributed by atoms with Crippen LogP contribution in [0.1, 0.15) is 95.2 Å². The van der Waals surface area contributed by atoms with Gasteiger partial charge in [0.05, 0.1) is 5.69 Å². The summed E-state index contributed by atoms with van der Waals surface area (Å²) in [7, 11) is 0. The fraction of sp³-hybridized carbons (Fsp3) is 0.464. The number of rotatable bonds is 8.